The lowest BCUT2D eigenvalue weighted by atomic mass is 9.89. The molecule has 0 saturated heterocycles. The molecule has 12 heteroatoms. The summed E-state index contributed by atoms with van der Waals surface area (Å²) in [6.45, 7) is 53.4. The third kappa shape index (κ3) is 39.4. The molecule has 4 N–H and O–H groups in total. The molecule has 1 aliphatic rings. The molecular weight excluding hydrogens is 1290 g/mol. The Bertz CT molecular complexity index is 3450. The van der Waals surface area contributed by atoms with Gasteiger partial charge in [0.25, 0.3) is 0 Å². The van der Waals surface area contributed by atoms with Gasteiger partial charge in [0.05, 0.1) is 25.0 Å². The van der Waals surface area contributed by atoms with Crippen molar-refractivity contribution in [2.45, 2.75) is 244 Å². The first kappa shape index (κ1) is 102. The van der Waals surface area contributed by atoms with Gasteiger partial charge in [0.15, 0.2) is 0 Å². The maximum absolute atomic E-state index is 12.0. The number of ether oxygens (including phenoxy) is 2. The molecule has 578 valence electrons. The van der Waals surface area contributed by atoms with Gasteiger partial charge in [-0.1, -0.05) is 323 Å². The van der Waals surface area contributed by atoms with Crippen molar-refractivity contribution in [3.05, 3.63) is 221 Å². The van der Waals surface area contributed by atoms with Gasteiger partial charge in [0.1, 0.15) is 5.75 Å². The zero-order valence-electron chi connectivity index (χ0n) is 68.7. The fourth-order valence-corrected chi connectivity index (χ4v) is 9.22. The Balaban J connectivity index is -0.000000558. The minimum absolute atomic E-state index is 0. The van der Waals surface area contributed by atoms with Crippen LogP contribution in [0.25, 0.3) is 21.5 Å². The summed E-state index contributed by atoms with van der Waals surface area (Å²) in [5, 5.41) is 20.9. The van der Waals surface area contributed by atoms with E-state index in [0.717, 1.165) is 60.7 Å². The summed E-state index contributed by atoms with van der Waals surface area (Å²) in [5.74, 6) is 2.20. The molecule has 0 saturated carbocycles. The number of benzene rings is 8. The van der Waals surface area contributed by atoms with Gasteiger partial charge in [0.2, 0.25) is 17.7 Å². The number of esters is 2. The number of rotatable bonds is 18. The molecule has 3 amide bonds. The highest BCUT2D eigenvalue weighted by Crippen LogP contribution is 2.46. The maximum Gasteiger partial charge on any atom is 0.316 e. The number of hydrogen-bond acceptors (Lipinski definition) is 9. The van der Waals surface area contributed by atoms with E-state index in [0.29, 0.717) is 30.7 Å². The summed E-state index contributed by atoms with van der Waals surface area (Å²) < 4.78 is 10.6. The second-order valence-electron chi connectivity index (χ2n) is 25.1. The Morgan fingerprint density at radius 2 is 0.875 bits per heavy atom. The molecule has 8 aromatic carbocycles. The number of hydrogen-bond donors (Lipinski definition) is 4. The third-order valence-corrected chi connectivity index (χ3v) is 17.0. The summed E-state index contributed by atoms with van der Waals surface area (Å²) in [6.07, 6.45) is 5.00. The van der Waals surface area contributed by atoms with Gasteiger partial charge >= 0.3 is 11.9 Å². The van der Waals surface area contributed by atoms with E-state index in [4.69, 9.17) is 14.7 Å². The van der Waals surface area contributed by atoms with Gasteiger partial charge in [-0.2, -0.15) is 0 Å². The predicted molar refractivity (Wildman–Crippen MR) is 449 cm³/mol. The topological polar surface area (TPSA) is 169 Å². The van der Waals surface area contributed by atoms with Crippen molar-refractivity contribution in [1.29, 1.82) is 0 Å². The lowest BCUT2D eigenvalue weighted by molar-refractivity contribution is -0.214. The van der Waals surface area contributed by atoms with Crippen LogP contribution in [0.3, 0.4) is 0 Å². The lowest BCUT2D eigenvalue weighted by Crippen LogP contribution is -2.29. The van der Waals surface area contributed by atoms with Crippen LogP contribution in [0, 0.1) is 42.4 Å². The van der Waals surface area contributed by atoms with E-state index >= 15 is 0 Å². The van der Waals surface area contributed by atoms with Crippen LogP contribution in [0.5, 0.6) is 5.75 Å². The summed E-state index contributed by atoms with van der Waals surface area (Å²) in [4.78, 5) is 61.4. The molecule has 0 aliphatic heterocycles. The zero-order valence-corrected chi connectivity index (χ0v) is 68.7. The average molecular weight is 1430 g/mol. The Morgan fingerprint density at radius 3 is 1.32 bits per heavy atom. The van der Waals surface area contributed by atoms with Gasteiger partial charge in [-0.05, 0) is 152 Å². The summed E-state index contributed by atoms with van der Waals surface area (Å²) in [7, 11) is 1.18. The molecular formula is C92H141N3O9. The molecule has 0 bridgehead atoms. The van der Waals surface area contributed by atoms with Gasteiger partial charge in [-0.15, -0.1) is 0 Å². The predicted octanol–water partition coefficient (Wildman–Crippen LogP) is 25.6. The fraction of sp³-hybridized carbons (Fsp3) is 0.467. The van der Waals surface area contributed by atoms with E-state index in [1.54, 1.807) is 0 Å². The van der Waals surface area contributed by atoms with Crippen molar-refractivity contribution >= 4 is 62.6 Å². The van der Waals surface area contributed by atoms with Gasteiger partial charge in [0, 0.05) is 41.6 Å². The molecule has 5 unspecified atom stereocenters. The molecule has 12 nitrogen and oxygen atoms in total. The summed E-state index contributed by atoms with van der Waals surface area (Å²) in [5.41, 5.74) is 8.92. The first-order valence-electron chi connectivity index (χ1n) is 38.0. The van der Waals surface area contributed by atoms with Crippen molar-refractivity contribution in [2.75, 3.05) is 24.4 Å². The van der Waals surface area contributed by atoms with E-state index in [9.17, 15) is 24.0 Å². The first-order valence-corrected chi connectivity index (χ1v) is 38.0. The van der Waals surface area contributed by atoms with Gasteiger partial charge in [-0.25, -0.2) is 4.89 Å². The van der Waals surface area contributed by atoms with Crippen LogP contribution in [-0.2, 0) is 46.6 Å². The van der Waals surface area contributed by atoms with Crippen molar-refractivity contribution in [3.8, 4) is 5.75 Å². The number of aryl methyl sites for hydroxylation is 2. The van der Waals surface area contributed by atoms with Crippen LogP contribution < -0.4 is 20.7 Å². The van der Waals surface area contributed by atoms with E-state index in [2.05, 4.69) is 103 Å². The fourth-order valence-electron chi connectivity index (χ4n) is 9.22. The monoisotopic (exact) mass is 1430 g/mol. The first-order chi connectivity index (χ1) is 49.3. The van der Waals surface area contributed by atoms with Crippen LogP contribution in [0.1, 0.15) is 251 Å². The highest BCUT2D eigenvalue weighted by molar-refractivity contribution is 5.95. The maximum atomic E-state index is 12.0. The number of amides is 3. The van der Waals surface area contributed by atoms with Gasteiger partial charge in [-0.3, -0.25) is 29.2 Å². The second kappa shape index (κ2) is 59.9. The molecule has 104 heavy (non-hydrogen) atoms. The van der Waals surface area contributed by atoms with Crippen molar-refractivity contribution in [1.82, 2.24) is 5.32 Å². The Labute approximate surface area is 632 Å². The summed E-state index contributed by atoms with van der Waals surface area (Å²) in [6, 6.07) is 62.5. The Morgan fingerprint density at radius 1 is 0.471 bits per heavy atom. The van der Waals surface area contributed by atoms with Crippen LogP contribution in [0.2, 0.25) is 0 Å². The highest BCUT2D eigenvalue weighted by atomic mass is 17.1. The molecule has 0 fully saturated rings. The molecule has 1 aliphatic carbocycles. The molecule has 0 radical (unpaired) electrons. The Kier molecular flexibility index (Phi) is 58.7. The molecule has 0 heterocycles. The minimum atomic E-state index is -0.439. The van der Waals surface area contributed by atoms with Gasteiger partial charge < -0.3 is 25.4 Å². The molecule has 5 atom stereocenters. The number of carbonyl (C=O) groups is 5. The van der Waals surface area contributed by atoms with E-state index in [1.807, 2.05) is 286 Å². The van der Waals surface area contributed by atoms with Crippen molar-refractivity contribution in [3.63, 3.8) is 0 Å². The van der Waals surface area contributed by atoms with E-state index in [1.165, 1.54) is 51.3 Å². The lowest BCUT2D eigenvalue weighted by Gasteiger charge is -2.21. The second-order valence-corrected chi connectivity index (χ2v) is 25.1. The number of carbonyl (C=O) groups excluding carboxylic acids is 5. The minimum Gasteiger partial charge on any atom is -0.465 e. The molecule has 9 rings (SSSR count). The molecule has 0 aromatic heterocycles. The van der Waals surface area contributed by atoms with E-state index < -0.39 is 5.41 Å². The SMILES string of the molecule is C.CC.CC.CC.CC.CC.CC1c2cccc3cccc(c23)C1C.CCC(C)(C)C(=O)Nc1ccccc1.CCC(C)(C)C(=O)Oc1ccc2ccccc2c1.CCC(C)C(=O)NCc1cc(C)cc(C)c1.CCC(C)C(=O)Nc1ccccc1.CCC(C)C(=O)OCCc1ccccc1.COO. The number of anilines is 2. The molecule has 0 spiro atoms. The quantitative estimate of drug-likeness (QED) is 0.0283. The standard InChI is InChI=1S/C16H18O2.C14H21NO.C14H14.C13H18O2.C12H17NO.C11H15NO.5C2H6.CH4O2.CH4/c1-4-16(2,3)15(17)18-14-10-9-12-7-5-6-8-13(12)11-14;1-5-12(4)14(16)15-9-13-7-10(2)6-11(3)8-13;1-9-10(2)13-8-4-6-11-5-3-7-12(9)14(11)13;1-3-11(2)13(14)15-10-9-12-7-5-4-6-8-12;1-4-12(2,3)11(14)13-10-8-6-5-7-9-10;1-3-9(2)11(13)12-10-7-5-4-6-8-10;5*1-2;1-3-2;/h5-11H,4H2,1-3H3;6-8,12H,5,9H2,1-4H3,(H,15,16);3-10H,1-2H3;4-8,11H,3,9-10H2,1-2H3;5-9H,4H2,1-3H3,(H,13,14);4-9H,3H2,1-2H3,(H,12,13);5*1-2H3;2H,1H3;1H4. The van der Waals surface area contributed by atoms with E-state index in [-0.39, 0.29) is 60.3 Å². The molecule has 8 aromatic rings. The summed E-state index contributed by atoms with van der Waals surface area (Å²) >= 11 is 0. The van der Waals surface area contributed by atoms with Crippen LogP contribution in [-0.4, -0.2) is 48.6 Å². The van der Waals surface area contributed by atoms with Crippen LogP contribution >= 0.6 is 0 Å². The normalized spacial score (nSPS) is 12.4. The number of fused-ring (bicyclic) bond motifs is 1. The smallest absolute Gasteiger partial charge is 0.316 e. The zero-order chi connectivity index (χ0) is 79.1. The van der Waals surface area contributed by atoms with Crippen LogP contribution in [0.4, 0.5) is 11.4 Å². The number of nitrogens with one attached hydrogen (secondary N) is 3. The number of para-hydroxylation sites is 2. The Hall–Kier alpha value is -8.45. The average Bonchev–Trinajstić information content (AvgIpc) is 1.61. The van der Waals surface area contributed by atoms with Crippen LogP contribution in [0.15, 0.2) is 188 Å². The third-order valence-electron chi connectivity index (χ3n) is 17.0. The highest BCUT2D eigenvalue weighted by Gasteiger charge is 2.29. The largest absolute Gasteiger partial charge is 0.465 e. The van der Waals surface area contributed by atoms with Crippen molar-refractivity contribution < 1.29 is 43.6 Å². The van der Waals surface area contributed by atoms with Crippen molar-refractivity contribution in [2.24, 2.45) is 28.6 Å².